The quantitative estimate of drug-likeness (QED) is 0.786. The van der Waals surface area contributed by atoms with Crippen molar-refractivity contribution in [1.82, 2.24) is 9.88 Å². The highest BCUT2D eigenvalue weighted by atomic mass is 35.5. The molecule has 1 spiro atoms. The Bertz CT molecular complexity index is 449. The van der Waals surface area contributed by atoms with Crippen LogP contribution in [0.15, 0.2) is 18.3 Å². The first-order chi connectivity index (χ1) is 8.99. The first-order valence-corrected chi connectivity index (χ1v) is 7.01. The van der Waals surface area contributed by atoms with Gasteiger partial charge in [-0.15, -0.1) is 0 Å². The van der Waals surface area contributed by atoms with Crippen molar-refractivity contribution in [2.24, 2.45) is 11.3 Å². The van der Waals surface area contributed by atoms with E-state index >= 15 is 0 Å². The Morgan fingerprint density at radius 3 is 2.58 bits per heavy atom. The zero-order valence-corrected chi connectivity index (χ0v) is 11.6. The van der Waals surface area contributed by atoms with Gasteiger partial charge in [-0.05, 0) is 36.8 Å². The fourth-order valence-electron chi connectivity index (χ4n) is 3.42. The Morgan fingerprint density at radius 2 is 2.05 bits per heavy atom. The van der Waals surface area contributed by atoms with Crippen molar-refractivity contribution < 1.29 is 8.78 Å². The number of aromatic nitrogens is 1. The molecule has 0 bridgehead atoms. The van der Waals surface area contributed by atoms with Gasteiger partial charge < -0.3 is 0 Å². The van der Waals surface area contributed by atoms with E-state index in [2.05, 4.69) is 16.8 Å². The molecule has 0 amide bonds. The fraction of sp³-hybridized carbons (Fsp3) is 0.643. The fourth-order valence-corrected chi connectivity index (χ4v) is 3.54. The smallest absolute Gasteiger partial charge is 0.241 e. The van der Waals surface area contributed by atoms with Crippen LogP contribution in [0.2, 0.25) is 5.15 Å². The molecule has 1 aromatic rings. The van der Waals surface area contributed by atoms with Gasteiger partial charge in [0.05, 0.1) is 0 Å². The predicted octanol–water partition coefficient (Wildman–Crippen LogP) is 3.77. The second-order valence-corrected chi connectivity index (χ2v) is 6.39. The van der Waals surface area contributed by atoms with Crippen LogP contribution in [0.25, 0.3) is 0 Å². The van der Waals surface area contributed by atoms with E-state index in [9.17, 15) is 8.78 Å². The topological polar surface area (TPSA) is 16.1 Å². The summed E-state index contributed by atoms with van der Waals surface area (Å²) in [5.74, 6) is -0.366. The zero-order valence-electron chi connectivity index (χ0n) is 10.8. The van der Waals surface area contributed by atoms with Crippen molar-refractivity contribution in [3.8, 4) is 0 Å². The van der Waals surface area contributed by atoms with E-state index in [1.165, 1.54) is 0 Å². The van der Waals surface area contributed by atoms with Crippen molar-refractivity contribution in [2.45, 2.75) is 32.2 Å². The highest BCUT2D eigenvalue weighted by Crippen LogP contribution is 2.55. The van der Waals surface area contributed by atoms with E-state index < -0.39 is 6.43 Å². The molecule has 0 N–H and O–H groups in total. The molecule has 1 saturated carbocycles. The molecule has 1 aromatic heterocycles. The van der Waals surface area contributed by atoms with Gasteiger partial charge in [-0.25, -0.2) is 13.8 Å². The minimum absolute atomic E-state index is 0.176. The first-order valence-electron chi connectivity index (χ1n) is 6.63. The molecule has 5 heteroatoms. The molecular formula is C14H17ClF2N2. The molecule has 2 nitrogen and oxygen atoms in total. The standard InChI is InChI=1S/C14H17ClF2N2/c1-9(10-2-3-12(15)18-6-10)19-7-14(8-19)4-11(5-14)13(16)17/h2-3,6,9,11,13H,4-5,7-8H2,1H3. The number of rotatable bonds is 3. The SMILES string of the molecule is CC(c1ccc(Cl)nc1)N1CC2(CC(C(F)F)C2)C1. The van der Waals surface area contributed by atoms with E-state index in [4.69, 9.17) is 11.6 Å². The van der Waals surface area contributed by atoms with Gasteiger partial charge >= 0.3 is 0 Å². The molecular weight excluding hydrogens is 270 g/mol. The Balaban J connectivity index is 1.55. The molecule has 0 radical (unpaired) electrons. The monoisotopic (exact) mass is 286 g/mol. The highest BCUT2D eigenvalue weighted by molar-refractivity contribution is 6.29. The Morgan fingerprint density at radius 1 is 1.37 bits per heavy atom. The molecule has 1 aliphatic carbocycles. The first kappa shape index (κ1) is 13.3. The molecule has 2 aliphatic rings. The van der Waals surface area contributed by atoms with Crippen LogP contribution >= 0.6 is 11.6 Å². The summed E-state index contributed by atoms with van der Waals surface area (Å²) in [7, 11) is 0. The predicted molar refractivity (Wildman–Crippen MR) is 70.4 cm³/mol. The van der Waals surface area contributed by atoms with Crippen LogP contribution in [0.4, 0.5) is 8.78 Å². The summed E-state index contributed by atoms with van der Waals surface area (Å²) in [5, 5.41) is 0.495. The van der Waals surface area contributed by atoms with Crippen LogP contribution in [0.3, 0.4) is 0 Å². The molecule has 3 rings (SSSR count). The van der Waals surface area contributed by atoms with Gasteiger partial charge in [-0.1, -0.05) is 17.7 Å². The number of hydrogen-bond acceptors (Lipinski definition) is 2. The lowest BCUT2D eigenvalue weighted by Gasteiger charge is -2.60. The Labute approximate surface area is 116 Å². The van der Waals surface area contributed by atoms with Crippen molar-refractivity contribution in [2.75, 3.05) is 13.1 Å². The molecule has 1 atom stereocenters. The van der Waals surface area contributed by atoms with Crippen LogP contribution in [0.1, 0.15) is 31.4 Å². The second kappa shape index (κ2) is 4.67. The molecule has 1 unspecified atom stereocenters. The van der Waals surface area contributed by atoms with Gasteiger partial charge in [0.2, 0.25) is 6.43 Å². The van der Waals surface area contributed by atoms with E-state index in [1.54, 1.807) is 12.3 Å². The number of alkyl halides is 2. The number of hydrogen-bond donors (Lipinski definition) is 0. The highest BCUT2D eigenvalue weighted by Gasteiger charge is 2.55. The Hall–Kier alpha value is -0.740. The van der Waals surface area contributed by atoms with Gasteiger partial charge in [-0.2, -0.15) is 0 Å². The Kier molecular flexibility index (Phi) is 3.26. The largest absolute Gasteiger partial charge is 0.295 e. The number of nitrogens with zero attached hydrogens (tertiary/aromatic N) is 2. The van der Waals surface area contributed by atoms with Crippen molar-refractivity contribution >= 4 is 11.6 Å². The van der Waals surface area contributed by atoms with Crippen LogP contribution < -0.4 is 0 Å². The van der Waals surface area contributed by atoms with E-state index in [0.717, 1.165) is 18.7 Å². The maximum absolute atomic E-state index is 12.5. The third kappa shape index (κ3) is 2.36. The lowest BCUT2D eigenvalue weighted by atomic mass is 9.57. The maximum Gasteiger partial charge on any atom is 0.241 e. The maximum atomic E-state index is 12.5. The number of halogens is 3. The third-order valence-electron chi connectivity index (χ3n) is 4.60. The summed E-state index contributed by atoms with van der Waals surface area (Å²) in [6.45, 7) is 3.99. The molecule has 104 valence electrons. The van der Waals surface area contributed by atoms with Crippen molar-refractivity contribution in [3.63, 3.8) is 0 Å². The van der Waals surface area contributed by atoms with Crippen LogP contribution in [0, 0.1) is 11.3 Å². The van der Waals surface area contributed by atoms with Crippen molar-refractivity contribution in [1.29, 1.82) is 0 Å². The zero-order chi connectivity index (χ0) is 13.6. The number of likely N-dealkylation sites (tertiary alicyclic amines) is 1. The minimum atomic E-state index is -2.14. The van der Waals surface area contributed by atoms with E-state index in [0.29, 0.717) is 18.0 Å². The summed E-state index contributed by atoms with van der Waals surface area (Å²) in [5.41, 5.74) is 1.30. The summed E-state index contributed by atoms with van der Waals surface area (Å²) in [6.07, 6.45) is 1.03. The second-order valence-electron chi connectivity index (χ2n) is 6.00. The average Bonchev–Trinajstić information content (AvgIpc) is 2.25. The average molecular weight is 287 g/mol. The van der Waals surface area contributed by atoms with Gasteiger partial charge in [0.15, 0.2) is 0 Å². The van der Waals surface area contributed by atoms with Crippen molar-refractivity contribution in [3.05, 3.63) is 29.0 Å². The molecule has 0 aromatic carbocycles. The molecule has 2 fully saturated rings. The lowest BCUT2D eigenvalue weighted by molar-refractivity contribution is -0.145. The molecule has 2 heterocycles. The molecule has 1 aliphatic heterocycles. The third-order valence-corrected chi connectivity index (χ3v) is 4.83. The lowest BCUT2D eigenvalue weighted by Crippen LogP contribution is -2.63. The van der Waals surface area contributed by atoms with Gasteiger partial charge in [0.1, 0.15) is 5.15 Å². The summed E-state index contributed by atoms with van der Waals surface area (Å²) >= 11 is 5.77. The molecule has 1 saturated heterocycles. The minimum Gasteiger partial charge on any atom is -0.295 e. The summed E-state index contributed by atoms with van der Waals surface area (Å²) in [4.78, 5) is 6.41. The normalized spacial score (nSPS) is 24.3. The van der Waals surface area contributed by atoms with E-state index in [-0.39, 0.29) is 17.4 Å². The summed E-state index contributed by atoms with van der Waals surface area (Å²) < 4.78 is 25.0. The van der Waals surface area contributed by atoms with Gasteiger partial charge in [-0.3, -0.25) is 4.90 Å². The summed E-state index contributed by atoms with van der Waals surface area (Å²) in [6, 6.07) is 4.05. The number of pyridine rings is 1. The molecule has 19 heavy (non-hydrogen) atoms. The van der Waals surface area contributed by atoms with E-state index in [1.807, 2.05) is 6.07 Å². The van der Waals surface area contributed by atoms with Gasteiger partial charge in [0, 0.05) is 31.2 Å². The van der Waals surface area contributed by atoms with Gasteiger partial charge in [0.25, 0.3) is 0 Å². The van der Waals surface area contributed by atoms with Crippen LogP contribution in [-0.4, -0.2) is 29.4 Å². The van der Waals surface area contributed by atoms with Crippen LogP contribution in [-0.2, 0) is 0 Å². The van der Waals surface area contributed by atoms with Crippen LogP contribution in [0.5, 0.6) is 0 Å².